The minimum Gasteiger partial charge on any atom is -0.381 e. The van der Waals surface area contributed by atoms with Crippen molar-refractivity contribution in [2.24, 2.45) is 5.73 Å². The second-order valence-corrected chi connectivity index (χ2v) is 7.44. The lowest BCUT2D eigenvalue weighted by Gasteiger charge is -2.33. The third-order valence-corrected chi connectivity index (χ3v) is 5.58. The number of amides is 1. The van der Waals surface area contributed by atoms with Gasteiger partial charge in [-0.05, 0) is 55.3 Å². The first-order valence-corrected chi connectivity index (χ1v) is 11.0. The summed E-state index contributed by atoms with van der Waals surface area (Å²) in [6, 6.07) is 15.4. The van der Waals surface area contributed by atoms with E-state index >= 15 is 0 Å². The summed E-state index contributed by atoms with van der Waals surface area (Å²) in [6.45, 7) is 5.84. The first-order valence-electron chi connectivity index (χ1n) is 11.0. The quantitative estimate of drug-likeness (QED) is 0.627. The van der Waals surface area contributed by atoms with Gasteiger partial charge >= 0.3 is 0 Å². The number of hydrogen-bond acceptors (Lipinski definition) is 5. The SMILES string of the molecule is CC.COC1CCN(c2ccc(-n3nc(C(N)=O)cc3-c3ccc(C#N)c(F)c3)cc2)CC1. The van der Waals surface area contributed by atoms with E-state index in [4.69, 9.17) is 15.7 Å². The Kier molecular flexibility index (Phi) is 7.80. The third-order valence-electron chi connectivity index (χ3n) is 5.58. The molecule has 4 rings (SSSR count). The van der Waals surface area contributed by atoms with Crippen molar-refractivity contribution in [1.29, 1.82) is 5.26 Å². The van der Waals surface area contributed by atoms with Crippen LogP contribution in [0.5, 0.6) is 0 Å². The summed E-state index contributed by atoms with van der Waals surface area (Å²) >= 11 is 0. The fourth-order valence-electron chi connectivity index (χ4n) is 3.82. The van der Waals surface area contributed by atoms with Crippen LogP contribution in [0.15, 0.2) is 48.5 Å². The summed E-state index contributed by atoms with van der Waals surface area (Å²) in [7, 11) is 1.75. The van der Waals surface area contributed by atoms with E-state index < -0.39 is 11.7 Å². The van der Waals surface area contributed by atoms with Gasteiger partial charge in [0.15, 0.2) is 5.69 Å². The van der Waals surface area contributed by atoms with Crippen LogP contribution < -0.4 is 10.6 Å². The summed E-state index contributed by atoms with van der Waals surface area (Å²) in [4.78, 5) is 14.0. The van der Waals surface area contributed by atoms with Crippen LogP contribution >= 0.6 is 0 Å². The molecule has 0 radical (unpaired) electrons. The molecule has 1 saturated heterocycles. The Balaban J connectivity index is 0.00000149. The lowest BCUT2D eigenvalue weighted by Crippen LogP contribution is -2.36. The maximum Gasteiger partial charge on any atom is 0.269 e. The molecule has 1 amide bonds. The first-order chi connectivity index (χ1) is 16.0. The Labute approximate surface area is 193 Å². The molecule has 0 bridgehead atoms. The Bertz CT molecular complexity index is 1140. The van der Waals surface area contributed by atoms with Crippen LogP contribution in [0.3, 0.4) is 0 Å². The number of rotatable bonds is 5. The van der Waals surface area contributed by atoms with E-state index in [0.717, 1.165) is 31.6 Å². The summed E-state index contributed by atoms with van der Waals surface area (Å²) in [5.41, 5.74) is 8.24. The van der Waals surface area contributed by atoms with Crippen molar-refractivity contribution in [3.05, 3.63) is 65.6 Å². The van der Waals surface area contributed by atoms with E-state index in [0.29, 0.717) is 23.0 Å². The monoisotopic (exact) mass is 449 g/mol. The third kappa shape index (κ3) is 5.21. The lowest BCUT2D eigenvalue weighted by molar-refractivity contribution is 0.0819. The van der Waals surface area contributed by atoms with Gasteiger partial charge in [0.05, 0.1) is 23.0 Å². The largest absolute Gasteiger partial charge is 0.381 e. The zero-order valence-electron chi connectivity index (χ0n) is 19.1. The molecule has 1 aliphatic heterocycles. The summed E-state index contributed by atoms with van der Waals surface area (Å²) < 4.78 is 21.2. The second kappa shape index (κ2) is 10.7. The average Bonchev–Trinajstić information content (AvgIpc) is 3.31. The summed E-state index contributed by atoms with van der Waals surface area (Å²) in [5.74, 6) is -1.31. The molecule has 7 nitrogen and oxygen atoms in total. The molecule has 1 fully saturated rings. The number of carbonyl (C=O) groups is 1. The van der Waals surface area contributed by atoms with E-state index in [2.05, 4.69) is 10.00 Å². The van der Waals surface area contributed by atoms with Crippen LogP contribution in [-0.4, -0.2) is 42.0 Å². The lowest BCUT2D eigenvalue weighted by atomic mass is 10.1. The minimum absolute atomic E-state index is 0.0495. The van der Waals surface area contributed by atoms with Gasteiger partial charge in [0.2, 0.25) is 0 Å². The van der Waals surface area contributed by atoms with Crippen molar-refractivity contribution in [3.8, 4) is 23.0 Å². The Hall–Kier alpha value is -3.70. The molecule has 0 unspecified atom stereocenters. The van der Waals surface area contributed by atoms with Crippen LogP contribution in [-0.2, 0) is 4.74 Å². The normalized spacial score (nSPS) is 13.7. The first kappa shape index (κ1) is 24.0. The van der Waals surface area contributed by atoms with Crippen LogP contribution in [0.4, 0.5) is 10.1 Å². The van der Waals surface area contributed by atoms with Gasteiger partial charge in [-0.15, -0.1) is 0 Å². The van der Waals surface area contributed by atoms with E-state index in [1.807, 2.05) is 38.1 Å². The van der Waals surface area contributed by atoms with Gasteiger partial charge in [-0.3, -0.25) is 4.79 Å². The molecule has 1 aliphatic rings. The number of benzene rings is 2. The van der Waals surface area contributed by atoms with Crippen molar-refractivity contribution in [3.63, 3.8) is 0 Å². The average molecular weight is 450 g/mol. The van der Waals surface area contributed by atoms with E-state index in [1.54, 1.807) is 23.9 Å². The zero-order chi connectivity index (χ0) is 24.0. The topological polar surface area (TPSA) is 97.2 Å². The standard InChI is InChI=1S/C23H22FN5O2.C2H6/c1-31-19-8-10-28(11-9-19)17-4-6-18(7-5-17)29-22(13-21(27-29)23(26)30)15-2-3-16(14-25)20(24)12-15;1-2/h2-7,12-13,19H,8-11H2,1H3,(H2,26,30);1-2H3. The van der Waals surface area contributed by atoms with Gasteiger partial charge in [0.1, 0.15) is 11.9 Å². The molecule has 1 aromatic heterocycles. The molecule has 0 aliphatic carbocycles. The second-order valence-electron chi connectivity index (χ2n) is 7.44. The van der Waals surface area contributed by atoms with Gasteiger partial charge in [0.25, 0.3) is 5.91 Å². The highest BCUT2D eigenvalue weighted by Gasteiger charge is 2.20. The van der Waals surface area contributed by atoms with Gasteiger partial charge in [-0.1, -0.05) is 19.9 Å². The number of carbonyl (C=O) groups excluding carboxylic acids is 1. The number of nitriles is 1. The zero-order valence-corrected chi connectivity index (χ0v) is 19.1. The number of anilines is 1. The number of piperidine rings is 1. The molecule has 33 heavy (non-hydrogen) atoms. The molecule has 2 aromatic carbocycles. The molecule has 0 atom stereocenters. The van der Waals surface area contributed by atoms with Gasteiger partial charge in [0, 0.05) is 31.5 Å². The van der Waals surface area contributed by atoms with Crippen molar-refractivity contribution in [1.82, 2.24) is 9.78 Å². The number of aromatic nitrogens is 2. The van der Waals surface area contributed by atoms with E-state index in [1.165, 1.54) is 18.2 Å². The van der Waals surface area contributed by atoms with Crippen molar-refractivity contribution in [2.45, 2.75) is 32.8 Å². The predicted octanol–water partition coefficient (Wildman–Crippen LogP) is 4.29. The van der Waals surface area contributed by atoms with Gasteiger partial charge < -0.3 is 15.4 Å². The minimum atomic E-state index is -0.674. The van der Waals surface area contributed by atoms with Crippen molar-refractivity contribution >= 4 is 11.6 Å². The highest BCUT2D eigenvalue weighted by molar-refractivity contribution is 5.92. The van der Waals surface area contributed by atoms with E-state index in [-0.39, 0.29) is 11.3 Å². The van der Waals surface area contributed by atoms with Crippen molar-refractivity contribution < 1.29 is 13.9 Å². The highest BCUT2D eigenvalue weighted by Crippen LogP contribution is 2.28. The maximum absolute atomic E-state index is 14.2. The number of methoxy groups -OCH3 is 1. The van der Waals surface area contributed by atoms with Crippen molar-refractivity contribution in [2.75, 3.05) is 25.1 Å². The molecule has 8 heteroatoms. The number of halogens is 1. The summed E-state index contributed by atoms with van der Waals surface area (Å²) in [5, 5.41) is 13.3. The highest BCUT2D eigenvalue weighted by atomic mass is 19.1. The molecular weight excluding hydrogens is 421 g/mol. The number of primary amides is 1. The summed E-state index contributed by atoms with van der Waals surface area (Å²) in [6.07, 6.45) is 2.27. The number of nitrogens with two attached hydrogens (primary N) is 1. The Morgan fingerprint density at radius 1 is 1.12 bits per heavy atom. The van der Waals surface area contributed by atoms with E-state index in [9.17, 15) is 9.18 Å². The van der Waals surface area contributed by atoms with Gasteiger partial charge in [-0.2, -0.15) is 10.4 Å². The van der Waals surface area contributed by atoms with Crippen LogP contribution in [0, 0.1) is 17.1 Å². The Morgan fingerprint density at radius 2 is 1.76 bits per heavy atom. The molecule has 3 aromatic rings. The molecule has 2 heterocycles. The molecule has 0 spiro atoms. The van der Waals surface area contributed by atoms with Crippen LogP contribution in [0.2, 0.25) is 0 Å². The number of nitrogens with zero attached hydrogens (tertiary/aromatic N) is 4. The van der Waals surface area contributed by atoms with Crippen LogP contribution in [0.1, 0.15) is 42.7 Å². The van der Waals surface area contributed by atoms with Crippen LogP contribution in [0.25, 0.3) is 16.9 Å². The molecule has 172 valence electrons. The molecular formula is C25H28FN5O2. The number of hydrogen-bond donors (Lipinski definition) is 1. The molecule has 2 N–H and O–H groups in total. The smallest absolute Gasteiger partial charge is 0.269 e. The van der Waals surface area contributed by atoms with Gasteiger partial charge in [-0.25, -0.2) is 9.07 Å². The molecule has 0 saturated carbocycles. The predicted molar refractivity (Wildman–Crippen MR) is 126 cm³/mol. The Morgan fingerprint density at radius 3 is 2.30 bits per heavy atom. The fraction of sp³-hybridized carbons (Fsp3) is 0.320. The maximum atomic E-state index is 14.2. The fourth-order valence-corrected chi connectivity index (χ4v) is 3.82. The number of ether oxygens (including phenoxy) is 1.